The number of nitrogens with zero attached hydrogens (tertiary/aromatic N) is 1. The maximum Gasteiger partial charge on any atom is 0.184 e. The van der Waals surface area contributed by atoms with Crippen LogP contribution in [0.3, 0.4) is 0 Å². The van der Waals surface area contributed by atoms with Gasteiger partial charge in [-0.2, -0.15) is 5.26 Å². The first kappa shape index (κ1) is 21.6. The van der Waals surface area contributed by atoms with E-state index < -0.39 is 0 Å². The Hall–Kier alpha value is -2.15. The van der Waals surface area contributed by atoms with Crippen LogP contribution in [0.25, 0.3) is 11.1 Å². The van der Waals surface area contributed by atoms with Gasteiger partial charge >= 0.3 is 0 Å². The van der Waals surface area contributed by atoms with Gasteiger partial charge in [0.05, 0.1) is 24.3 Å². The molecule has 154 valence electrons. The third-order valence-corrected chi connectivity index (χ3v) is 5.92. The van der Waals surface area contributed by atoms with Crippen molar-refractivity contribution in [3.8, 4) is 17.2 Å². The van der Waals surface area contributed by atoms with E-state index in [9.17, 15) is 0 Å². The molecule has 3 rings (SSSR count). The molecule has 29 heavy (non-hydrogen) atoms. The molecule has 0 saturated carbocycles. The van der Waals surface area contributed by atoms with Crippen molar-refractivity contribution in [2.45, 2.75) is 71.2 Å². The molecule has 0 unspecified atom stereocenters. The smallest absolute Gasteiger partial charge is 0.184 e. The Morgan fingerprint density at radius 1 is 0.897 bits per heavy atom. The Labute approximate surface area is 175 Å². The van der Waals surface area contributed by atoms with Gasteiger partial charge in [-0.15, -0.1) is 0 Å². The van der Waals surface area contributed by atoms with Crippen LogP contribution >= 0.6 is 0 Å². The van der Waals surface area contributed by atoms with E-state index in [-0.39, 0.29) is 12.4 Å². The minimum Gasteiger partial charge on any atom is -0.348 e. The molecule has 0 radical (unpaired) electrons. The molecule has 1 aliphatic heterocycles. The third-order valence-electron chi connectivity index (χ3n) is 5.92. The summed E-state index contributed by atoms with van der Waals surface area (Å²) >= 11 is 0. The molecule has 1 saturated heterocycles. The predicted octanol–water partition coefficient (Wildman–Crippen LogP) is 7.03. The lowest BCUT2D eigenvalue weighted by Gasteiger charge is -2.35. The summed E-state index contributed by atoms with van der Waals surface area (Å²) < 4.78 is 12.3. The molecule has 3 atom stereocenters. The molecule has 0 N–H and O–H groups in total. The second-order valence-corrected chi connectivity index (χ2v) is 8.13. The lowest BCUT2D eigenvalue weighted by Crippen LogP contribution is -2.34. The minimum atomic E-state index is -0.277. The van der Waals surface area contributed by atoms with Crippen LogP contribution in [0, 0.1) is 17.2 Å². The van der Waals surface area contributed by atoms with Gasteiger partial charge in [0.1, 0.15) is 0 Å². The van der Waals surface area contributed by atoms with Crippen LogP contribution in [0.5, 0.6) is 0 Å². The largest absolute Gasteiger partial charge is 0.348 e. The summed E-state index contributed by atoms with van der Waals surface area (Å²) in [4.78, 5) is 0. The van der Waals surface area contributed by atoms with E-state index in [0.717, 1.165) is 23.3 Å². The second kappa shape index (κ2) is 11.1. The molecule has 1 aliphatic rings. The fourth-order valence-corrected chi connectivity index (χ4v) is 3.94. The van der Waals surface area contributed by atoms with Crippen molar-refractivity contribution in [2.75, 3.05) is 6.61 Å². The first-order valence-corrected chi connectivity index (χ1v) is 11.1. The molecular formula is C26H33NO2. The fraction of sp³-hybridized carbons (Fsp3) is 0.500. The number of ether oxygens (including phenoxy) is 2. The highest BCUT2D eigenvalue weighted by Gasteiger charge is 2.29. The molecule has 0 aliphatic carbocycles. The molecule has 0 aromatic heterocycles. The zero-order valence-electron chi connectivity index (χ0n) is 17.8. The normalized spacial score (nSPS) is 21.6. The van der Waals surface area contributed by atoms with Crippen LogP contribution < -0.4 is 0 Å². The van der Waals surface area contributed by atoms with Gasteiger partial charge in [-0.25, -0.2) is 0 Å². The van der Waals surface area contributed by atoms with E-state index in [2.05, 4.69) is 44.2 Å². The zero-order valence-corrected chi connectivity index (χ0v) is 17.8. The first-order chi connectivity index (χ1) is 14.2. The Morgan fingerprint density at radius 3 is 2.14 bits per heavy atom. The summed E-state index contributed by atoms with van der Waals surface area (Å²) in [6, 6.07) is 18.2. The van der Waals surface area contributed by atoms with E-state index in [1.165, 1.54) is 44.9 Å². The average Bonchev–Trinajstić information content (AvgIpc) is 2.77. The standard InChI is InChI=1S/C26H33NO2/c1-3-4-5-6-7-8-9-25-19-28-26(29-20(25)2)24-16-14-23(15-17-24)22-12-10-21(18-27)11-13-22/h10-17,20,25-26H,3-9,19H2,1-2H3/t20-,25+,26+/m1/s1. The topological polar surface area (TPSA) is 42.2 Å². The Morgan fingerprint density at radius 2 is 1.52 bits per heavy atom. The summed E-state index contributed by atoms with van der Waals surface area (Å²) in [5.74, 6) is 0.496. The highest BCUT2D eigenvalue weighted by Crippen LogP contribution is 2.32. The van der Waals surface area contributed by atoms with Crippen molar-refractivity contribution in [1.29, 1.82) is 5.26 Å². The monoisotopic (exact) mass is 391 g/mol. The van der Waals surface area contributed by atoms with Crippen LogP contribution in [0.1, 0.15) is 76.2 Å². The molecule has 0 bridgehead atoms. The summed E-state index contributed by atoms with van der Waals surface area (Å²) in [6.45, 7) is 5.22. The van der Waals surface area contributed by atoms with Crippen molar-refractivity contribution < 1.29 is 9.47 Å². The summed E-state index contributed by atoms with van der Waals surface area (Å²) in [6.07, 6.45) is 9.11. The van der Waals surface area contributed by atoms with E-state index in [4.69, 9.17) is 14.7 Å². The van der Waals surface area contributed by atoms with Gasteiger partial charge in [-0.05, 0) is 36.6 Å². The Bertz CT molecular complexity index is 776. The van der Waals surface area contributed by atoms with Gasteiger partial charge < -0.3 is 9.47 Å². The highest BCUT2D eigenvalue weighted by atomic mass is 16.7. The van der Waals surface area contributed by atoms with Crippen molar-refractivity contribution in [2.24, 2.45) is 5.92 Å². The van der Waals surface area contributed by atoms with E-state index in [1.54, 1.807) is 0 Å². The molecule has 1 fully saturated rings. The van der Waals surface area contributed by atoms with Crippen LogP contribution in [-0.4, -0.2) is 12.7 Å². The molecular weight excluding hydrogens is 358 g/mol. The quantitative estimate of drug-likeness (QED) is 0.431. The maximum absolute atomic E-state index is 8.93. The Kier molecular flexibility index (Phi) is 8.28. The van der Waals surface area contributed by atoms with Gasteiger partial charge in [0, 0.05) is 11.5 Å². The molecule has 2 aromatic carbocycles. The average molecular weight is 392 g/mol. The summed E-state index contributed by atoms with van der Waals surface area (Å²) in [5, 5.41) is 8.93. The molecule has 2 aromatic rings. The van der Waals surface area contributed by atoms with Crippen molar-refractivity contribution in [3.63, 3.8) is 0 Å². The third kappa shape index (κ3) is 6.16. The zero-order chi connectivity index (χ0) is 20.5. The number of nitriles is 1. The Balaban J connectivity index is 1.49. The van der Waals surface area contributed by atoms with Gasteiger partial charge in [0.2, 0.25) is 0 Å². The van der Waals surface area contributed by atoms with Crippen molar-refractivity contribution in [1.82, 2.24) is 0 Å². The van der Waals surface area contributed by atoms with Crippen molar-refractivity contribution >= 4 is 0 Å². The van der Waals surface area contributed by atoms with E-state index in [1.807, 2.05) is 24.3 Å². The van der Waals surface area contributed by atoms with Gasteiger partial charge in [-0.3, -0.25) is 0 Å². The first-order valence-electron chi connectivity index (χ1n) is 11.1. The van der Waals surface area contributed by atoms with E-state index >= 15 is 0 Å². The molecule has 0 amide bonds. The number of benzene rings is 2. The fourth-order valence-electron chi connectivity index (χ4n) is 3.94. The van der Waals surface area contributed by atoms with Gasteiger partial charge in [0.25, 0.3) is 0 Å². The maximum atomic E-state index is 8.93. The molecule has 1 heterocycles. The number of hydrogen-bond donors (Lipinski definition) is 0. The van der Waals surface area contributed by atoms with Crippen LogP contribution in [0.2, 0.25) is 0 Å². The van der Waals surface area contributed by atoms with Crippen LogP contribution in [0.4, 0.5) is 0 Å². The van der Waals surface area contributed by atoms with Crippen LogP contribution in [-0.2, 0) is 9.47 Å². The number of unbranched alkanes of at least 4 members (excludes halogenated alkanes) is 5. The van der Waals surface area contributed by atoms with E-state index in [0.29, 0.717) is 11.5 Å². The van der Waals surface area contributed by atoms with Gasteiger partial charge in [0.15, 0.2) is 6.29 Å². The molecule has 3 heteroatoms. The summed E-state index contributed by atoms with van der Waals surface area (Å²) in [7, 11) is 0. The van der Waals surface area contributed by atoms with Gasteiger partial charge in [-0.1, -0.05) is 81.8 Å². The second-order valence-electron chi connectivity index (χ2n) is 8.13. The minimum absolute atomic E-state index is 0.225. The number of hydrogen-bond acceptors (Lipinski definition) is 3. The summed E-state index contributed by atoms with van der Waals surface area (Å²) in [5.41, 5.74) is 3.97. The van der Waals surface area contributed by atoms with Crippen LogP contribution in [0.15, 0.2) is 48.5 Å². The molecule has 3 nitrogen and oxygen atoms in total. The predicted molar refractivity (Wildman–Crippen MR) is 117 cm³/mol. The van der Waals surface area contributed by atoms with Crippen molar-refractivity contribution in [3.05, 3.63) is 59.7 Å². The SMILES string of the molecule is CCCCCCCC[C@H]1CO[C@H](c2ccc(-c3ccc(C#N)cc3)cc2)O[C@@H]1C. The lowest BCUT2D eigenvalue weighted by molar-refractivity contribution is -0.237. The lowest BCUT2D eigenvalue weighted by atomic mass is 9.95. The molecule has 0 spiro atoms. The number of rotatable bonds is 9. The highest BCUT2D eigenvalue weighted by molar-refractivity contribution is 5.64.